The van der Waals surface area contributed by atoms with E-state index < -0.39 is 9.84 Å². The summed E-state index contributed by atoms with van der Waals surface area (Å²) in [6.45, 7) is 0. The maximum Gasteiger partial charge on any atom is 0.179 e. The van der Waals surface area contributed by atoms with E-state index in [4.69, 9.17) is 16.3 Å². The molecule has 78 valence electrons. The van der Waals surface area contributed by atoms with Crippen molar-refractivity contribution in [3.05, 3.63) is 24.3 Å². The van der Waals surface area contributed by atoms with Gasteiger partial charge in [0.1, 0.15) is 5.75 Å². The van der Waals surface area contributed by atoms with E-state index in [0.29, 0.717) is 5.75 Å². The van der Waals surface area contributed by atoms with Gasteiger partial charge in [-0.1, -0.05) is 0 Å². The van der Waals surface area contributed by atoms with Crippen molar-refractivity contribution in [1.29, 1.82) is 0 Å². The van der Waals surface area contributed by atoms with Crippen LogP contribution < -0.4 is 4.74 Å². The molecule has 0 amide bonds. The Morgan fingerprint density at radius 2 is 1.86 bits per heavy atom. The van der Waals surface area contributed by atoms with Crippen LogP contribution in [0.25, 0.3) is 0 Å². The Bertz CT molecular complexity index is 383. The second-order valence-corrected chi connectivity index (χ2v) is 5.17. The standard InChI is InChI=1S/C9H11ClO3S/c1-13-8-2-4-9(5-3-8)14(11,12)7-6-10/h2-5H,6-7H2,1H3. The molecule has 0 N–H and O–H groups in total. The normalized spacial score (nSPS) is 11.3. The first-order chi connectivity index (χ1) is 6.60. The van der Waals surface area contributed by atoms with Crippen LogP contribution in [0.15, 0.2) is 29.2 Å². The topological polar surface area (TPSA) is 43.4 Å². The third-order valence-corrected chi connectivity index (χ3v) is 3.91. The molecule has 5 heteroatoms. The minimum atomic E-state index is -3.22. The molecule has 0 fully saturated rings. The highest BCUT2D eigenvalue weighted by Gasteiger charge is 2.12. The van der Waals surface area contributed by atoms with Crippen LogP contribution in [0.4, 0.5) is 0 Å². The maximum atomic E-state index is 11.5. The second-order valence-electron chi connectivity index (χ2n) is 2.68. The largest absolute Gasteiger partial charge is 0.497 e. The smallest absolute Gasteiger partial charge is 0.179 e. The Morgan fingerprint density at radius 1 is 1.29 bits per heavy atom. The molecule has 0 heterocycles. The predicted molar refractivity (Wildman–Crippen MR) is 55.8 cm³/mol. The first kappa shape index (κ1) is 11.3. The van der Waals surface area contributed by atoms with E-state index in [-0.39, 0.29) is 16.5 Å². The number of hydrogen-bond acceptors (Lipinski definition) is 3. The van der Waals surface area contributed by atoms with Crippen LogP contribution >= 0.6 is 11.6 Å². The van der Waals surface area contributed by atoms with Crippen molar-refractivity contribution < 1.29 is 13.2 Å². The minimum absolute atomic E-state index is 0.0408. The average Bonchev–Trinajstić information content (AvgIpc) is 2.18. The molecule has 0 aromatic heterocycles. The van der Waals surface area contributed by atoms with Gasteiger partial charge in [0.15, 0.2) is 9.84 Å². The van der Waals surface area contributed by atoms with Crippen molar-refractivity contribution in [2.24, 2.45) is 0 Å². The van der Waals surface area contributed by atoms with Crippen molar-refractivity contribution in [2.75, 3.05) is 18.7 Å². The second kappa shape index (κ2) is 4.66. The summed E-state index contributed by atoms with van der Waals surface area (Å²) in [5, 5.41) is 0. The van der Waals surface area contributed by atoms with Crippen LogP contribution in [0.2, 0.25) is 0 Å². The van der Waals surface area contributed by atoms with Gasteiger partial charge in [0.25, 0.3) is 0 Å². The molecular formula is C9H11ClO3S. The van der Waals surface area contributed by atoms with Crippen LogP contribution in [0.5, 0.6) is 5.75 Å². The Hall–Kier alpha value is -0.740. The summed E-state index contributed by atoms with van der Waals surface area (Å²) in [7, 11) is -1.69. The maximum absolute atomic E-state index is 11.5. The molecule has 14 heavy (non-hydrogen) atoms. The van der Waals surface area contributed by atoms with E-state index in [0.717, 1.165) is 0 Å². The van der Waals surface area contributed by atoms with Crippen molar-refractivity contribution in [2.45, 2.75) is 4.90 Å². The molecule has 0 aliphatic heterocycles. The molecule has 0 saturated carbocycles. The number of rotatable bonds is 4. The van der Waals surface area contributed by atoms with Gasteiger partial charge in [-0.05, 0) is 24.3 Å². The predicted octanol–water partition coefficient (Wildman–Crippen LogP) is 1.71. The van der Waals surface area contributed by atoms with Crippen molar-refractivity contribution >= 4 is 21.4 Å². The molecule has 0 saturated heterocycles. The first-order valence-electron chi connectivity index (χ1n) is 4.03. The fraction of sp³-hybridized carbons (Fsp3) is 0.333. The van der Waals surface area contributed by atoms with Gasteiger partial charge >= 0.3 is 0 Å². The van der Waals surface area contributed by atoms with E-state index in [9.17, 15) is 8.42 Å². The summed E-state index contributed by atoms with van der Waals surface area (Å²) in [6, 6.07) is 6.25. The monoisotopic (exact) mass is 234 g/mol. The number of ether oxygens (including phenoxy) is 1. The summed E-state index contributed by atoms with van der Waals surface area (Å²) < 4.78 is 27.9. The van der Waals surface area contributed by atoms with Gasteiger partial charge in [-0.25, -0.2) is 8.42 Å². The molecule has 1 aromatic carbocycles. The average molecular weight is 235 g/mol. The summed E-state index contributed by atoms with van der Waals surface area (Å²) >= 11 is 5.39. The molecule has 3 nitrogen and oxygen atoms in total. The number of alkyl halides is 1. The van der Waals surface area contributed by atoms with Gasteiger partial charge in [0.2, 0.25) is 0 Å². The van der Waals surface area contributed by atoms with Gasteiger partial charge in [0, 0.05) is 5.88 Å². The Kier molecular flexibility index (Phi) is 3.77. The molecule has 0 radical (unpaired) electrons. The van der Waals surface area contributed by atoms with Crippen molar-refractivity contribution in [3.8, 4) is 5.75 Å². The van der Waals surface area contributed by atoms with Gasteiger partial charge in [0.05, 0.1) is 17.8 Å². The number of methoxy groups -OCH3 is 1. The third kappa shape index (κ3) is 2.62. The number of sulfone groups is 1. The molecule has 0 unspecified atom stereocenters. The van der Waals surface area contributed by atoms with Crippen LogP contribution in [0.3, 0.4) is 0 Å². The van der Waals surface area contributed by atoms with E-state index in [1.165, 1.54) is 19.2 Å². The Labute approximate surface area is 88.6 Å². The van der Waals surface area contributed by atoms with Gasteiger partial charge < -0.3 is 4.74 Å². The van der Waals surface area contributed by atoms with E-state index >= 15 is 0 Å². The molecule has 0 aliphatic rings. The fourth-order valence-corrected chi connectivity index (χ4v) is 2.60. The zero-order valence-electron chi connectivity index (χ0n) is 7.73. The minimum Gasteiger partial charge on any atom is -0.497 e. The first-order valence-corrected chi connectivity index (χ1v) is 6.21. The highest BCUT2D eigenvalue weighted by atomic mass is 35.5. The third-order valence-electron chi connectivity index (χ3n) is 1.76. The Morgan fingerprint density at radius 3 is 2.29 bits per heavy atom. The Balaban J connectivity index is 2.97. The lowest BCUT2D eigenvalue weighted by atomic mass is 10.3. The quantitative estimate of drug-likeness (QED) is 0.745. The summed E-state index contributed by atoms with van der Waals surface area (Å²) in [5.41, 5.74) is 0. The lowest BCUT2D eigenvalue weighted by Gasteiger charge is -2.03. The van der Waals surface area contributed by atoms with E-state index in [1.54, 1.807) is 12.1 Å². The highest BCUT2D eigenvalue weighted by molar-refractivity contribution is 7.91. The molecule has 0 atom stereocenters. The van der Waals surface area contributed by atoms with Crippen molar-refractivity contribution in [3.63, 3.8) is 0 Å². The van der Waals surface area contributed by atoms with Gasteiger partial charge in [-0.2, -0.15) is 0 Å². The van der Waals surface area contributed by atoms with E-state index in [1.807, 2.05) is 0 Å². The zero-order valence-corrected chi connectivity index (χ0v) is 9.31. The van der Waals surface area contributed by atoms with Crippen LogP contribution in [-0.2, 0) is 9.84 Å². The molecule has 0 aliphatic carbocycles. The molecule has 1 aromatic rings. The molecule has 0 bridgehead atoms. The zero-order chi connectivity index (χ0) is 10.6. The molecule has 1 rings (SSSR count). The fourth-order valence-electron chi connectivity index (χ4n) is 1.00. The van der Waals surface area contributed by atoms with Crippen molar-refractivity contribution in [1.82, 2.24) is 0 Å². The van der Waals surface area contributed by atoms with Crippen LogP contribution in [0.1, 0.15) is 0 Å². The molecule has 0 spiro atoms. The number of benzene rings is 1. The summed E-state index contributed by atoms with van der Waals surface area (Å²) in [6.07, 6.45) is 0. The number of hydrogen-bond donors (Lipinski definition) is 0. The van der Waals surface area contributed by atoms with Gasteiger partial charge in [-0.15, -0.1) is 11.6 Å². The van der Waals surface area contributed by atoms with Gasteiger partial charge in [-0.3, -0.25) is 0 Å². The van der Waals surface area contributed by atoms with E-state index in [2.05, 4.69) is 0 Å². The SMILES string of the molecule is COc1ccc(S(=O)(=O)CCCl)cc1. The summed E-state index contributed by atoms with van der Waals surface area (Å²) in [4.78, 5) is 0.277. The lowest BCUT2D eigenvalue weighted by molar-refractivity contribution is 0.414. The van der Waals surface area contributed by atoms with Crippen LogP contribution in [-0.4, -0.2) is 27.2 Å². The summed E-state index contributed by atoms with van der Waals surface area (Å²) in [5.74, 6) is 0.699. The van der Waals surface area contributed by atoms with Crippen LogP contribution in [0, 0.1) is 0 Å². The molecular weight excluding hydrogens is 224 g/mol. The number of halogens is 1. The lowest BCUT2D eigenvalue weighted by Crippen LogP contribution is -2.07. The highest BCUT2D eigenvalue weighted by Crippen LogP contribution is 2.16.